The van der Waals surface area contributed by atoms with Gasteiger partial charge in [-0.05, 0) is 6.42 Å². The summed E-state index contributed by atoms with van der Waals surface area (Å²) in [4.78, 5) is 0. The van der Waals surface area contributed by atoms with E-state index >= 15 is 0 Å². The highest BCUT2D eigenvalue weighted by molar-refractivity contribution is 4.86. The fraction of sp³-hybridized carbons (Fsp3) is 1.00. The summed E-state index contributed by atoms with van der Waals surface area (Å²) in [5, 5.41) is 28.1. The van der Waals surface area contributed by atoms with Crippen LogP contribution in [0.2, 0.25) is 0 Å². The van der Waals surface area contributed by atoms with Crippen molar-refractivity contribution in [1.29, 1.82) is 0 Å². The molecule has 3 N–H and O–H groups in total. The van der Waals surface area contributed by atoms with Gasteiger partial charge in [0.15, 0.2) is 6.29 Å². The Morgan fingerprint density at radius 2 is 1.58 bits per heavy atom. The smallest absolute Gasteiger partial charge is 0.186 e. The highest BCUT2D eigenvalue weighted by Gasteiger charge is 2.42. The standard InChI is InChI=1S/C14H28O5/c1-2-3-4-5-6-7-8-9-18-14-13(17)12(16)11(10-15)19-14/h11-17H,2-10H2,1H3. The fourth-order valence-electron chi connectivity index (χ4n) is 2.26. The third-order valence-electron chi connectivity index (χ3n) is 3.53. The lowest BCUT2D eigenvalue weighted by Crippen LogP contribution is -2.34. The molecule has 1 rings (SSSR count). The Kier molecular flexibility index (Phi) is 8.57. The number of hydrogen-bond acceptors (Lipinski definition) is 5. The summed E-state index contributed by atoms with van der Waals surface area (Å²) in [5.74, 6) is 0. The number of aliphatic hydroxyl groups is 3. The number of rotatable bonds is 10. The topological polar surface area (TPSA) is 79.2 Å². The van der Waals surface area contributed by atoms with E-state index in [4.69, 9.17) is 14.6 Å². The first-order valence-electron chi connectivity index (χ1n) is 7.44. The van der Waals surface area contributed by atoms with Crippen LogP contribution >= 0.6 is 0 Å². The van der Waals surface area contributed by atoms with Crippen molar-refractivity contribution in [3.8, 4) is 0 Å². The van der Waals surface area contributed by atoms with Crippen LogP contribution in [-0.4, -0.2) is 53.1 Å². The van der Waals surface area contributed by atoms with Crippen molar-refractivity contribution in [3.63, 3.8) is 0 Å². The molecule has 0 aromatic carbocycles. The van der Waals surface area contributed by atoms with Gasteiger partial charge in [0.1, 0.15) is 18.3 Å². The van der Waals surface area contributed by atoms with Crippen molar-refractivity contribution in [1.82, 2.24) is 0 Å². The SMILES string of the molecule is CCCCCCCCCOC1OC(CO)C(O)C1O. The minimum atomic E-state index is -1.07. The summed E-state index contributed by atoms with van der Waals surface area (Å²) in [7, 11) is 0. The number of hydrogen-bond donors (Lipinski definition) is 3. The lowest BCUT2D eigenvalue weighted by molar-refractivity contribution is -0.169. The first-order valence-corrected chi connectivity index (χ1v) is 7.44. The van der Waals surface area contributed by atoms with Crippen molar-refractivity contribution in [2.45, 2.75) is 76.5 Å². The molecule has 0 radical (unpaired) electrons. The predicted octanol–water partition coefficient (Wildman–Crippen LogP) is 1.19. The van der Waals surface area contributed by atoms with Crippen LogP contribution in [-0.2, 0) is 9.47 Å². The molecule has 1 aliphatic heterocycles. The lowest BCUT2D eigenvalue weighted by Gasteiger charge is -2.15. The molecule has 1 fully saturated rings. The van der Waals surface area contributed by atoms with Gasteiger partial charge in [-0.15, -0.1) is 0 Å². The van der Waals surface area contributed by atoms with Gasteiger partial charge >= 0.3 is 0 Å². The van der Waals surface area contributed by atoms with E-state index in [2.05, 4.69) is 6.92 Å². The summed E-state index contributed by atoms with van der Waals surface area (Å²) < 4.78 is 10.6. The summed E-state index contributed by atoms with van der Waals surface area (Å²) in [5.41, 5.74) is 0. The minimum absolute atomic E-state index is 0.310. The van der Waals surface area contributed by atoms with E-state index < -0.39 is 24.6 Å². The van der Waals surface area contributed by atoms with Crippen LogP contribution in [0.5, 0.6) is 0 Å². The second-order valence-corrected chi connectivity index (χ2v) is 5.20. The molecular formula is C14H28O5. The molecule has 114 valence electrons. The average Bonchev–Trinajstić information content (AvgIpc) is 2.69. The van der Waals surface area contributed by atoms with Gasteiger partial charge in [0, 0.05) is 6.61 Å². The Bertz CT molecular complexity index is 224. The van der Waals surface area contributed by atoms with E-state index in [1.54, 1.807) is 0 Å². The fourth-order valence-corrected chi connectivity index (χ4v) is 2.26. The molecule has 4 atom stereocenters. The summed E-state index contributed by atoms with van der Waals surface area (Å²) in [6, 6.07) is 0. The average molecular weight is 276 g/mol. The maximum Gasteiger partial charge on any atom is 0.186 e. The van der Waals surface area contributed by atoms with Crippen LogP contribution in [0.1, 0.15) is 51.9 Å². The zero-order valence-corrected chi connectivity index (χ0v) is 11.8. The Hall–Kier alpha value is -0.200. The quantitative estimate of drug-likeness (QED) is 0.522. The van der Waals surface area contributed by atoms with Crippen LogP contribution in [0.25, 0.3) is 0 Å². The van der Waals surface area contributed by atoms with Crippen molar-refractivity contribution in [2.24, 2.45) is 0 Å². The highest BCUT2D eigenvalue weighted by atomic mass is 16.7. The van der Waals surface area contributed by atoms with Crippen LogP contribution in [0.4, 0.5) is 0 Å². The van der Waals surface area contributed by atoms with Gasteiger partial charge in [0.25, 0.3) is 0 Å². The van der Waals surface area contributed by atoms with E-state index in [0.29, 0.717) is 6.61 Å². The van der Waals surface area contributed by atoms with Crippen molar-refractivity contribution < 1.29 is 24.8 Å². The van der Waals surface area contributed by atoms with E-state index in [-0.39, 0.29) is 6.61 Å². The molecule has 0 bridgehead atoms. The van der Waals surface area contributed by atoms with Gasteiger partial charge in [0.05, 0.1) is 6.61 Å². The van der Waals surface area contributed by atoms with Crippen molar-refractivity contribution >= 4 is 0 Å². The van der Waals surface area contributed by atoms with Gasteiger partial charge in [-0.1, -0.05) is 45.4 Å². The molecular weight excluding hydrogens is 248 g/mol. The Labute approximate surface area is 115 Å². The first kappa shape index (κ1) is 16.9. The summed E-state index contributed by atoms with van der Waals surface area (Å²) >= 11 is 0. The van der Waals surface area contributed by atoms with Crippen molar-refractivity contribution in [2.75, 3.05) is 13.2 Å². The Morgan fingerprint density at radius 3 is 2.16 bits per heavy atom. The van der Waals surface area contributed by atoms with E-state index in [9.17, 15) is 10.2 Å². The molecule has 1 saturated heterocycles. The second-order valence-electron chi connectivity index (χ2n) is 5.20. The largest absolute Gasteiger partial charge is 0.394 e. The Morgan fingerprint density at radius 1 is 0.947 bits per heavy atom. The van der Waals surface area contributed by atoms with Crippen LogP contribution in [0, 0.1) is 0 Å². The van der Waals surface area contributed by atoms with E-state index in [1.807, 2.05) is 0 Å². The molecule has 1 heterocycles. The number of aliphatic hydroxyl groups excluding tert-OH is 3. The van der Waals surface area contributed by atoms with Crippen LogP contribution in [0.3, 0.4) is 0 Å². The number of unbranched alkanes of at least 4 members (excludes halogenated alkanes) is 6. The van der Waals surface area contributed by atoms with Crippen LogP contribution in [0.15, 0.2) is 0 Å². The van der Waals surface area contributed by atoms with Crippen molar-refractivity contribution in [3.05, 3.63) is 0 Å². The molecule has 0 aromatic rings. The molecule has 0 aliphatic carbocycles. The highest BCUT2D eigenvalue weighted by Crippen LogP contribution is 2.22. The monoisotopic (exact) mass is 276 g/mol. The molecule has 0 amide bonds. The molecule has 0 aromatic heterocycles. The second kappa shape index (κ2) is 9.66. The maximum atomic E-state index is 9.65. The molecule has 1 aliphatic rings. The molecule has 0 spiro atoms. The molecule has 19 heavy (non-hydrogen) atoms. The molecule has 4 unspecified atom stereocenters. The first-order chi connectivity index (χ1) is 9.20. The van der Waals surface area contributed by atoms with Gasteiger partial charge in [-0.25, -0.2) is 0 Å². The van der Waals surface area contributed by atoms with E-state index in [0.717, 1.165) is 12.8 Å². The summed E-state index contributed by atoms with van der Waals surface area (Å²) in [6.07, 6.45) is 4.68. The summed E-state index contributed by atoms with van der Waals surface area (Å²) in [6.45, 7) is 2.41. The third-order valence-corrected chi connectivity index (χ3v) is 3.53. The lowest BCUT2D eigenvalue weighted by atomic mass is 10.1. The van der Waals surface area contributed by atoms with Gasteiger partial charge in [-0.3, -0.25) is 0 Å². The normalized spacial score (nSPS) is 30.9. The van der Waals surface area contributed by atoms with Gasteiger partial charge in [0.2, 0.25) is 0 Å². The zero-order valence-electron chi connectivity index (χ0n) is 11.8. The molecule has 0 saturated carbocycles. The van der Waals surface area contributed by atoms with Gasteiger partial charge < -0.3 is 24.8 Å². The number of ether oxygens (including phenoxy) is 2. The minimum Gasteiger partial charge on any atom is -0.394 e. The molecule has 5 nitrogen and oxygen atoms in total. The van der Waals surface area contributed by atoms with Gasteiger partial charge in [-0.2, -0.15) is 0 Å². The predicted molar refractivity (Wildman–Crippen MR) is 71.7 cm³/mol. The molecule has 5 heteroatoms. The van der Waals surface area contributed by atoms with E-state index in [1.165, 1.54) is 32.1 Å². The van der Waals surface area contributed by atoms with Crippen LogP contribution < -0.4 is 0 Å². The zero-order chi connectivity index (χ0) is 14.1. The third kappa shape index (κ3) is 5.75. The Balaban J connectivity index is 2.01. The maximum absolute atomic E-state index is 9.65.